The van der Waals surface area contributed by atoms with Gasteiger partial charge in [-0.2, -0.15) is 0 Å². The van der Waals surface area contributed by atoms with Gasteiger partial charge in [0.05, 0.1) is 12.1 Å². The van der Waals surface area contributed by atoms with Gasteiger partial charge in [-0.3, -0.25) is 9.59 Å². The number of ether oxygens (including phenoxy) is 1. The molecule has 0 radical (unpaired) electrons. The zero-order valence-electron chi connectivity index (χ0n) is 15.5. The van der Waals surface area contributed by atoms with Crippen LogP contribution in [0.15, 0.2) is 42.0 Å². The van der Waals surface area contributed by atoms with Gasteiger partial charge in [0, 0.05) is 12.5 Å². The molecule has 3 rings (SSSR count). The number of aliphatic hydroxyl groups excluding tert-OH is 1. The molecule has 2 aliphatic carbocycles. The van der Waals surface area contributed by atoms with Crippen LogP contribution in [-0.2, 0) is 9.59 Å². The van der Waals surface area contributed by atoms with Gasteiger partial charge < -0.3 is 20.5 Å². The highest BCUT2D eigenvalue weighted by atomic mass is 16.5. The quantitative estimate of drug-likeness (QED) is 0.638. The van der Waals surface area contributed by atoms with Crippen LogP contribution in [0.5, 0.6) is 5.75 Å². The summed E-state index contributed by atoms with van der Waals surface area (Å²) >= 11 is 0. The van der Waals surface area contributed by atoms with E-state index in [9.17, 15) is 14.7 Å². The average molecular weight is 372 g/mol. The molecule has 0 bridgehead atoms. The van der Waals surface area contributed by atoms with E-state index in [2.05, 4.69) is 16.7 Å². The van der Waals surface area contributed by atoms with E-state index >= 15 is 0 Å². The standard InChI is InChI=1S/C21H28N2O4/c24-19-12-16(21(26)22-13-15-7-3-1-4-8-15)11-18(19)23-20(25)14-27-17-9-5-2-6-10-17/h2,5-7,9-10,16,18-19,24H,1,3-4,8,11-14H2,(H,22,26)(H,23,25)/t16-,18-,19-/m0/s1. The second-order valence-corrected chi connectivity index (χ2v) is 7.34. The lowest BCUT2D eigenvalue weighted by Gasteiger charge is -2.17. The van der Waals surface area contributed by atoms with Crippen LogP contribution in [-0.4, -0.2) is 42.2 Å². The molecule has 2 amide bonds. The lowest BCUT2D eigenvalue weighted by atomic mass is 9.99. The Balaban J connectivity index is 1.41. The largest absolute Gasteiger partial charge is 0.484 e. The minimum atomic E-state index is -0.713. The van der Waals surface area contributed by atoms with Gasteiger partial charge in [-0.1, -0.05) is 29.8 Å². The highest BCUT2D eigenvalue weighted by Crippen LogP contribution is 2.26. The second kappa shape index (κ2) is 9.55. The summed E-state index contributed by atoms with van der Waals surface area (Å²) in [6.07, 6.45) is 6.86. The van der Waals surface area contributed by atoms with Gasteiger partial charge >= 0.3 is 0 Å². The Morgan fingerprint density at radius 3 is 2.70 bits per heavy atom. The molecule has 6 nitrogen and oxygen atoms in total. The third-order valence-corrected chi connectivity index (χ3v) is 5.23. The molecule has 146 valence electrons. The number of aliphatic hydroxyl groups is 1. The Morgan fingerprint density at radius 2 is 1.96 bits per heavy atom. The van der Waals surface area contributed by atoms with Gasteiger partial charge in [0.1, 0.15) is 5.75 Å². The Hall–Kier alpha value is -2.34. The predicted octanol–water partition coefficient (Wildman–Crippen LogP) is 1.94. The number of nitrogens with one attached hydrogen (secondary N) is 2. The molecule has 27 heavy (non-hydrogen) atoms. The van der Waals surface area contributed by atoms with Crippen LogP contribution in [0.4, 0.5) is 0 Å². The summed E-state index contributed by atoms with van der Waals surface area (Å²) in [7, 11) is 0. The van der Waals surface area contributed by atoms with Gasteiger partial charge in [-0.15, -0.1) is 0 Å². The van der Waals surface area contributed by atoms with Crippen molar-refractivity contribution in [3.63, 3.8) is 0 Å². The van der Waals surface area contributed by atoms with Crippen LogP contribution in [0.1, 0.15) is 38.5 Å². The van der Waals surface area contributed by atoms with Crippen LogP contribution < -0.4 is 15.4 Å². The summed E-state index contributed by atoms with van der Waals surface area (Å²) in [5.74, 6) is 0.00700. The van der Waals surface area contributed by atoms with Crippen LogP contribution in [0.2, 0.25) is 0 Å². The smallest absolute Gasteiger partial charge is 0.258 e. The monoisotopic (exact) mass is 372 g/mol. The molecule has 0 spiro atoms. The Kier molecular flexibility index (Phi) is 6.87. The van der Waals surface area contributed by atoms with E-state index < -0.39 is 12.1 Å². The molecule has 0 aliphatic heterocycles. The molecule has 0 unspecified atom stereocenters. The molecular formula is C21H28N2O4. The molecule has 6 heteroatoms. The van der Waals surface area contributed by atoms with E-state index in [1.54, 1.807) is 12.1 Å². The van der Waals surface area contributed by atoms with Crippen molar-refractivity contribution < 1.29 is 19.4 Å². The number of carbonyl (C=O) groups is 2. The van der Waals surface area contributed by atoms with E-state index in [4.69, 9.17) is 4.74 Å². The van der Waals surface area contributed by atoms with Crippen molar-refractivity contribution in [2.75, 3.05) is 13.2 Å². The molecule has 1 aromatic rings. The van der Waals surface area contributed by atoms with Gasteiger partial charge in [0.25, 0.3) is 5.91 Å². The minimum Gasteiger partial charge on any atom is -0.484 e. The van der Waals surface area contributed by atoms with Gasteiger partial charge in [0.2, 0.25) is 5.91 Å². The van der Waals surface area contributed by atoms with Crippen LogP contribution in [0.3, 0.4) is 0 Å². The lowest BCUT2D eigenvalue weighted by molar-refractivity contribution is -0.126. The SMILES string of the molecule is O=C(COc1ccccc1)N[C@H]1C[C@H](C(=O)NCC2=CCCCC2)C[C@@H]1O. The molecule has 0 saturated heterocycles. The highest BCUT2D eigenvalue weighted by Gasteiger charge is 2.37. The van der Waals surface area contributed by atoms with E-state index in [1.807, 2.05) is 18.2 Å². The first-order valence-electron chi connectivity index (χ1n) is 9.72. The first-order chi connectivity index (χ1) is 13.1. The number of allylic oxidation sites excluding steroid dienone is 1. The second-order valence-electron chi connectivity index (χ2n) is 7.34. The fourth-order valence-corrected chi connectivity index (χ4v) is 3.71. The maximum atomic E-state index is 12.4. The van der Waals surface area contributed by atoms with Gasteiger partial charge in [-0.25, -0.2) is 0 Å². The summed E-state index contributed by atoms with van der Waals surface area (Å²) in [6, 6.07) is 8.68. The molecule has 1 aromatic carbocycles. The Bertz CT molecular complexity index is 674. The van der Waals surface area contributed by atoms with Crippen molar-refractivity contribution in [2.24, 2.45) is 5.92 Å². The van der Waals surface area contributed by atoms with Gasteiger partial charge in [-0.05, 0) is 50.7 Å². The predicted molar refractivity (Wildman–Crippen MR) is 102 cm³/mol. The van der Waals surface area contributed by atoms with E-state index in [0.717, 1.165) is 12.8 Å². The fraction of sp³-hybridized carbons (Fsp3) is 0.524. The average Bonchev–Trinajstić information content (AvgIpc) is 3.06. The summed E-state index contributed by atoms with van der Waals surface area (Å²) in [6.45, 7) is 0.478. The molecule has 0 aromatic heterocycles. The lowest BCUT2D eigenvalue weighted by Crippen LogP contribution is -2.42. The van der Waals surface area contributed by atoms with E-state index in [-0.39, 0.29) is 24.3 Å². The van der Waals surface area contributed by atoms with E-state index in [1.165, 1.54) is 18.4 Å². The van der Waals surface area contributed by atoms with Crippen molar-refractivity contribution in [1.29, 1.82) is 0 Å². The number of benzene rings is 1. The maximum Gasteiger partial charge on any atom is 0.258 e. The zero-order valence-corrected chi connectivity index (χ0v) is 15.5. The minimum absolute atomic E-state index is 0.0437. The first-order valence-corrected chi connectivity index (χ1v) is 9.72. The fourth-order valence-electron chi connectivity index (χ4n) is 3.71. The summed E-state index contributed by atoms with van der Waals surface area (Å²) in [4.78, 5) is 24.5. The van der Waals surface area contributed by atoms with Gasteiger partial charge in [0.15, 0.2) is 6.61 Å². The van der Waals surface area contributed by atoms with E-state index in [0.29, 0.717) is 25.1 Å². The molecular weight excluding hydrogens is 344 g/mol. The van der Waals surface area contributed by atoms with Crippen molar-refractivity contribution in [1.82, 2.24) is 10.6 Å². The number of rotatable bonds is 7. The van der Waals surface area contributed by atoms with Crippen molar-refractivity contribution >= 4 is 11.8 Å². The number of carbonyl (C=O) groups excluding carboxylic acids is 2. The van der Waals surface area contributed by atoms with Crippen LogP contribution in [0.25, 0.3) is 0 Å². The number of amides is 2. The summed E-state index contributed by atoms with van der Waals surface area (Å²) in [5.41, 5.74) is 1.29. The third-order valence-electron chi connectivity index (χ3n) is 5.23. The molecule has 2 aliphatic rings. The topological polar surface area (TPSA) is 87.7 Å². The van der Waals surface area contributed by atoms with Crippen molar-refractivity contribution in [2.45, 2.75) is 50.7 Å². The van der Waals surface area contributed by atoms with Crippen molar-refractivity contribution in [3.8, 4) is 5.75 Å². The normalized spacial score (nSPS) is 24.8. The third kappa shape index (κ3) is 5.82. The number of hydrogen-bond donors (Lipinski definition) is 3. The highest BCUT2D eigenvalue weighted by molar-refractivity contribution is 5.80. The van der Waals surface area contributed by atoms with Crippen LogP contribution in [0, 0.1) is 5.92 Å². The Labute approximate surface area is 160 Å². The summed E-state index contributed by atoms with van der Waals surface area (Å²) in [5, 5.41) is 16.0. The molecule has 3 N–H and O–H groups in total. The van der Waals surface area contributed by atoms with Crippen molar-refractivity contribution in [3.05, 3.63) is 42.0 Å². The molecule has 3 atom stereocenters. The molecule has 0 heterocycles. The number of para-hydroxylation sites is 1. The molecule has 1 fully saturated rings. The zero-order chi connectivity index (χ0) is 19.1. The maximum absolute atomic E-state index is 12.4. The number of hydrogen-bond acceptors (Lipinski definition) is 4. The Morgan fingerprint density at radius 1 is 1.15 bits per heavy atom. The molecule has 1 saturated carbocycles. The first kappa shape index (κ1) is 19.4. The van der Waals surface area contributed by atoms with Crippen LogP contribution >= 0.6 is 0 Å². The summed E-state index contributed by atoms with van der Waals surface area (Å²) < 4.78 is 5.41.